The first-order chi connectivity index (χ1) is 4.27. The third-order valence-electron chi connectivity index (χ3n) is 1.09. The first kappa shape index (κ1) is 8.96. The fourth-order valence-corrected chi connectivity index (χ4v) is 0.782. The van der Waals surface area contributed by atoms with Crippen molar-refractivity contribution in [1.82, 2.24) is 0 Å². The van der Waals surface area contributed by atoms with Gasteiger partial charge in [0.25, 0.3) is 0 Å². The van der Waals surface area contributed by atoms with Gasteiger partial charge in [-0.15, -0.1) is 11.6 Å². The van der Waals surface area contributed by atoms with Gasteiger partial charge >= 0.3 is 0 Å². The van der Waals surface area contributed by atoms with Crippen molar-refractivity contribution in [1.29, 1.82) is 0 Å². The molecule has 0 aromatic heterocycles. The summed E-state index contributed by atoms with van der Waals surface area (Å²) in [5.74, 6) is 0.732. The summed E-state index contributed by atoms with van der Waals surface area (Å²) in [6.45, 7) is 3.26. The molecule has 0 aromatic carbocycles. The van der Waals surface area contributed by atoms with Gasteiger partial charge in [0.2, 0.25) is 0 Å². The van der Waals surface area contributed by atoms with E-state index in [1.807, 2.05) is 0 Å². The van der Waals surface area contributed by atoms with Crippen LogP contribution in [0.4, 0.5) is 0 Å². The summed E-state index contributed by atoms with van der Waals surface area (Å²) in [6.07, 6.45) is 3.60. The zero-order valence-electron chi connectivity index (χ0n) is 5.53. The van der Waals surface area contributed by atoms with Gasteiger partial charge in [-0.2, -0.15) is 0 Å². The molecular formula is C7H12ClO. The van der Waals surface area contributed by atoms with Crippen molar-refractivity contribution in [2.24, 2.45) is 0 Å². The summed E-state index contributed by atoms with van der Waals surface area (Å²) in [5.41, 5.74) is 0. The molecule has 0 heterocycles. The normalized spacial score (nSPS) is 9.56. The highest BCUT2D eigenvalue weighted by Gasteiger charge is 1.91. The van der Waals surface area contributed by atoms with E-state index in [-0.39, 0.29) is 5.78 Å². The first-order valence-corrected chi connectivity index (χ1v) is 3.71. The Labute approximate surface area is 61.4 Å². The summed E-state index contributed by atoms with van der Waals surface area (Å²) in [6, 6.07) is 0. The van der Waals surface area contributed by atoms with Crippen LogP contribution in [0.15, 0.2) is 0 Å². The van der Waals surface area contributed by atoms with E-state index in [0.717, 1.165) is 19.3 Å². The van der Waals surface area contributed by atoms with Gasteiger partial charge in [-0.25, -0.2) is 0 Å². The number of hydrogen-bond donors (Lipinski definition) is 0. The molecule has 0 aromatic rings. The van der Waals surface area contributed by atoms with E-state index in [4.69, 9.17) is 11.6 Å². The minimum Gasteiger partial charge on any atom is -0.300 e. The number of carbonyl (C=O) groups is 1. The summed E-state index contributed by atoms with van der Waals surface area (Å²) < 4.78 is 0. The second kappa shape index (κ2) is 6.09. The molecule has 0 fully saturated rings. The second-order valence-electron chi connectivity index (χ2n) is 2.04. The van der Waals surface area contributed by atoms with Crippen molar-refractivity contribution in [3.8, 4) is 0 Å². The molecule has 0 saturated heterocycles. The predicted molar refractivity (Wildman–Crippen MR) is 39.6 cm³/mol. The zero-order chi connectivity index (χ0) is 7.11. The highest BCUT2D eigenvalue weighted by molar-refractivity contribution is 6.17. The van der Waals surface area contributed by atoms with Crippen molar-refractivity contribution in [2.75, 3.05) is 5.88 Å². The number of Topliss-reactive ketones (excluding diaryl/α,β-unsaturated/α-hetero) is 1. The van der Waals surface area contributed by atoms with Crippen LogP contribution in [0.1, 0.15) is 25.7 Å². The van der Waals surface area contributed by atoms with Gasteiger partial charge in [-0.3, -0.25) is 4.79 Å². The van der Waals surface area contributed by atoms with Crippen LogP contribution in [-0.4, -0.2) is 11.7 Å². The lowest BCUT2D eigenvalue weighted by molar-refractivity contribution is -0.114. The van der Waals surface area contributed by atoms with Crippen LogP contribution in [0.5, 0.6) is 0 Å². The molecular weight excluding hydrogens is 136 g/mol. The van der Waals surface area contributed by atoms with Gasteiger partial charge in [0.05, 0.1) is 0 Å². The number of alkyl halides is 1. The number of ketones is 1. The average Bonchev–Trinajstić information content (AvgIpc) is 1.80. The summed E-state index contributed by atoms with van der Waals surface area (Å²) >= 11 is 5.42. The van der Waals surface area contributed by atoms with E-state index in [0.29, 0.717) is 12.3 Å². The largest absolute Gasteiger partial charge is 0.300 e. The van der Waals surface area contributed by atoms with Crippen LogP contribution in [0.25, 0.3) is 0 Å². The molecule has 1 nitrogen and oxygen atoms in total. The molecule has 0 spiro atoms. The van der Waals surface area contributed by atoms with Crippen LogP contribution in [0.3, 0.4) is 0 Å². The molecule has 0 atom stereocenters. The maximum atomic E-state index is 10.3. The van der Waals surface area contributed by atoms with Crippen LogP contribution in [0.2, 0.25) is 0 Å². The monoisotopic (exact) mass is 147 g/mol. The second-order valence-corrected chi connectivity index (χ2v) is 2.42. The lowest BCUT2D eigenvalue weighted by Crippen LogP contribution is -1.89. The van der Waals surface area contributed by atoms with E-state index in [2.05, 4.69) is 6.92 Å². The lowest BCUT2D eigenvalue weighted by Gasteiger charge is -1.92. The third kappa shape index (κ3) is 7.96. The maximum Gasteiger partial charge on any atom is 0.133 e. The van der Waals surface area contributed by atoms with Gasteiger partial charge in [0.15, 0.2) is 0 Å². The molecule has 2 heteroatoms. The molecule has 0 bridgehead atoms. The van der Waals surface area contributed by atoms with Crippen LogP contribution >= 0.6 is 11.6 Å². The number of carbonyl (C=O) groups excluding carboxylic acids is 1. The van der Waals surface area contributed by atoms with Gasteiger partial charge < -0.3 is 0 Å². The van der Waals surface area contributed by atoms with E-state index in [9.17, 15) is 4.79 Å². The standard InChI is InChI=1S/C7H12ClO/c1-7(9)5-3-2-4-6-8/h1-6H2. The molecule has 0 saturated carbocycles. The van der Waals surface area contributed by atoms with Crippen molar-refractivity contribution in [3.05, 3.63) is 6.92 Å². The number of rotatable bonds is 5. The fraction of sp³-hybridized carbons (Fsp3) is 0.714. The smallest absolute Gasteiger partial charge is 0.133 e. The number of halogens is 1. The Bertz CT molecular complexity index is 81.0. The molecule has 0 unspecified atom stereocenters. The SMILES string of the molecule is [CH2]C(=O)CCCCCCl. The molecule has 0 N–H and O–H groups in total. The summed E-state index contributed by atoms with van der Waals surface area (Å²) in [7, 11) is 0. The van der Waals surface area contributed by atoms with E-state index in [1.165, 1.54) is 0 Å². The van der Waals surface area contributed by atoms with E-state index < -0.39 is 0 Å². The minimum atomic E-state index is 0.0320. The Hall–Kier alpha value is -0.0400. The molecule has 0 amide bonds. The molecule has 0 aliphatic heterocycles. The molecule has 0 aliphatic rings. The van der Waals surface area contributed by atoms with Gasteiger partial charge in [0, 0.05) is 19.2 Å². The molecule has 53 valence electrons. The number of unbranched alkanes of at least 4 members (excludes halogenated alkanes) is 2. The van der Waals surface area contributed by atoms with Crippen molar-refractivity contribution in [2.45, 2.75) is 25.7 Å². The van der Waals surface area contributed by atoms with Crippen molar-refractivity contribution < 1.29 is 4.79 Å². The van der Waals surface area contributed by atoms with Gasteiger partial charge in [-0.1, -0.05) is 6.42 Å². The Morgan fingerprint density at radius 1 is 1.33 bits per heavy atom. The molecule has 1 radical (unpaired) electrons. The summed E-state index contributed by atoms with van der Waals surface area (Å²) in [4.78, 5) is 10.3. The van der Waals surface area contributed by atoms with Crippen molar-refractivity contribution in [3.63, 3.8) is 0 Å². The van der Waals surface area contributed by atoms with Crippen molar-refractivity contribution >= 4 is 17.4 Å². The van der Waals surface area contributed by atoms with Crippen LogP contribution in [-0.2, 0) is 4.79 Å². The zero-order valence-corrected chi connectivity index (χ0v) is 6.28. The van der Waals surface area contributed by atoms with Crippen LogP contribution in [0, 0.1) is 6.92 Å². The Morgan fingerprint density at radius 2 is 2.00 bits per heavy atom. The first-order valence-electron chi connectivity index (χ1n) is 3.18. The maximum absolute atomic E-state index is 10.3. The van der Waals surface area contributed by atoms with E-state index >= 15 is 0 Å². The van der Waals surface area contributed by atoms with Gasteiger partial charge in [0.1, 0.15) is 5.78 Å². The molecule has 0 aliphatic carbocycles. The number of hydrogen-bond acceptors (Lipinski definition) is 1. The third-order valence-corrected chi connectivity index (χ3v) is 1.36. The Kier molecular flexibility index (Phi) is 6.06. The molecule has 0 rings (SSSR count). The highest BCUT2D eigenvalue weighted by atomic mass is 35.5. The topological polar surface area (TPSA) is 17.1 Å². The average molecular weight is 148 g/mol. The quantitative estimate of drug-likeness (QED) is 0.431. The minimum absolute atomic E-state index is 0.0320. The fourth-order valence-electron chi connectivity index (χ4n) is 0.593. The highest BCUT2D eigenvalue weighted by Crippen LogP contribution is 2.00. The van der Waals surface area contributed by atoms with Gasteiger partial charge in [-0.05, 0) is 12.8 Å². The predicted octanol–water partition coefficient (Wildman–Crippen LogP) is 2.19. The summed E-state index contributed by atoms with van der Waals surface area (Å²) in [5, 5.41) is 0. The Balaban J connectivity index is 2.83. The van der Waals surface area contributed by atoms with E-state index in [1.54, 1.807) is 0 Å². The molecule has 9 heavy (non-hydrogen) atoms. The lowest BCUT2D eigenvalue weighted by atomic mass is 10.2. The Morgan fingerprint density at radius 3 is 2.44 bits per heavy atom. The van der Waals surface area contributed by atoms with Crippen LogP contribution < -0.4 is 0 Å².